The quantitative estimate of drug-likeness (QED) is 0.359. The van der Waals surface area contributed by atoms with Gasteiger partial charge in [-0.3, -0.25) is 4.79 Å². The number of benzene rings is 2. The number of fused-ring (bicyclic) bond motifs is 2. The van der Waals surface area contributed by atoms with Crippen molar-refractivity contribution in [3.63, 3.8) is 0 Å². The van der Waals surface area contributed by atoms with Crippen molar-refractivity contribution in [3.05, 3.63) is 44.9 Å². The van der Waals surface area contributed by atoms with Crippen molar-refractivity contribution in [2.45, 2.75) is 59.7 Å². The fourth-order valence-electron chi connectivity index (χ4n) is 3.98. The molecule has 182 valence electrons. The number of carbonyl (C=O) groups is 2. The Labute approximate surface area is 207 Å². The van der Waals surface area contributed by atoms with Gasteiger partial charge in [-0.2, -0.15) is 0 Å². The van der Waals surface area contributed by atoms with Gasteiger partial charge in [-0.15, -0.1) is 0 Å². The number of aliphatic hydroxyl groups is 1. The van der Waals surface area contributed by atoms with E-state index in [9.17, 15) is 14.7 Å². The van der Waals surface area contributed by atoms with E-state index in [1.807, 2.05) is 27.7 Å². The monoisotopic (exact) mass is 532 g/mol. The van der Waals surface area contributed by atoms with Crippen LogP contribution in [0.15, 0.2) is 22.7 Å². The maximum atomic E-state index is 13.1. The molecule has 2 aromatic rings. The molecule has 1 N–H and O–H groups in total. The molecule has 0 spiro atoms. The van der Waals surface area contributed by atoms with Gasteiger partial charge >= 0.3 is 11.9 Å². The Hall–Kier alpha value is -2.58. The van der Waals surface area contributed by atoms with E-state index in [2.05, 4.69) is 15.9 Å². The summed E-state index contributed by atoms with van der Waals surface area (Å²) >= 11 is 3.55. The first-order valence-corrected chi connectivity index (χ1v) is 12.1. The van der Waals surface area contributed by atoms with E-state index in [1.165, 1.54) is 7.11 Å². The van der Waals surface area contributed by atoms with Crippen LogP contribution < -0.4 is 14.2 Å². The van der Waals surface area contributed by atoms with Gasteiger partial charge in [0.1, 0.15) is 23.7 Å². The molecule has 0 bridgehead atoms. The molecule has 0 saturated heterocycles. The lowest BCUT2D eigenvalue weighted by molar-refractivity contribution is -0.139. The van der Waals surface area contributed by atoms with E-state index in [4.69, 9.17) is 18.9 Å². The number of aliphatic hydroxyl groups excluding tert-OH is 1. The Morgan fingerprint density at radius 2 is 2.00 bits per heavy atom. The van der Waals surface area contributed by atoms with Crippen molar-refractivity contribution < 1.29 is 33.6 Å². The van der Waals surface area contributed by atoms with Gasteiger partial charge in [-0.05, 0) is 78.7 Å². The number of hydrogen-bond donors (Lipinski definition) is 1. The maximum Gasteiger partial charge on any atom is 0.346 e. The lowest BCUT2D eigenvalue weighted by Crippen LogP contribution is -2.20. The van der Waals surface area contributed by atoms with Crippen LogP contribution in [0.2, 0.25) is 0 Å². The standard InChI is InChI=1S/C26H29BrO7/c1-13(2)10-17(28)15-6-7-18-20(23(15)31-5)24(29)32-12-16-21(27)14(3)11-19(22(16)33-18)34-25(30)26(4)8-9-26/h6-7,11,13,17,28H,8-10,12H2,1-5H3/t17-/m0/s1. The Kier molecular flexibility index (Phi) is 6.66. The molecule has 0 radical (unpaired) electrons. The topological polar surface area (TPSA) is 91.3 Å². The Morgan fingerprint density at radius 1 is 1.29 bits per heavy atom. The number of esters is 2. The van der Waals surface area contributed by atoms with Gasteiger partial charge in [-0.1, -0.05) is 13.8 Å². The van der Waals surface area contributed by atoms with Crippen molar-refractivity contribution in [3.8, 4) is 23.0 Å². The Bertz CT molecular complexity index is 1150. The highest BCUT2D eigenvalue weighted by Crippen LogP contribution is 2.50. The summed E-state index contributed by atoms with van der Waals surface area (Å²) in [7, 11) is 1.44. The van der Waals surface area contributed by atoms with Gasteiger partial charge in [0.2, 0.25) is 0 Å². The number of methoxy groups -OCH3 is 1. The second-order valence-electron chi connectivity index (χ2n) is 9.65. The summed E-state index contributed by atoms with van der Waals surface area (Å²) in [5, 5.41) is 10.7. The number of ether oxygens (including phenoxy) is 4. The van der Waals surface area contributed by atoms with Gasteiger partial charge in [0, 0.05) is 10.0 Å². The van der Waals surface area contributed by atoms with Crippen LogP contribution in [0.4, 0.5) is 0 Å². The summed E-state index contributed by atoms with van der Waals surface area (Å²) in [6.07, 6.45) is 1.24. The van der Waals surface area contributed by atoms with E-state index >= 15 is 0 Å². The van der Waals surface area contributed by atoms with Crippen LogP contribution in [0.5, 0.6) is 23.0 Å². The molecule has 8 heteroatoms. The summed E-state index contributed by atoms with van der Waals surface area (Å²) in [4.78, 5) is 25.8. The maximum absolute atomic E-state index is 13.1. The lowest BCUT2D eigenvalue weighted by atomic mass is 9.96. The van der Waals surface area contributed by atoms with Gasteiger partial charge in [0.05, 0.1) is 24.2 Å². The predicted molar refractivity (Wildman–Crippen MR) is 128 cm³/mol. The highest BCUT2D eigenvalue weighted by atomic mass is 79.9. The number of halogens is 1. The molecule has 2 aliphatic rings. The molecule has 1 aliphatic carbocycles. The summed E-state index contributed by atoms with van der Waals surface area (Å²) < 4.78 is 23.9. The molecule has 1 heterocycles. The third kappa shape index (κ3) is 4.53. The SMILES string of the molecule is COc1c([C@@H](O)CC(C)C)ccc2c1C(=O)OCc1c(Br)c(C)cc(OC(=O)C3(C)CC3)c1O2. The second-order valence-corrected chi connectivity index (χ2v) is 10.4. The van der Waals surface area contributed by atoms with Crippen LogP contribution in [0, 0.1) is 18.3 Å². The number of cyclic esters (lactones) is 1. The minimum Gasteiger partial charge on any atom is -0.495 e. The molecule has 34 heavy (non-hydrogen) atoms. The smallest absolute Gasteiger partial charge is 0.346 e. The van der Waals surface area contributed by atoms with Crippen molar-refractivity contribution in [2.75, 3.05) is 7.11 Å². The van der Waals surface area contributed by atoms with Crippen LogP contribution in [0.25, 0.3) is 0 Å². The Morgan fingerprint density at radius 3 is 2.62 bits per heavy atom. The summed E-state index contributed by atoms with van der Waals surface area (Å²) in [6.45, 7) is 7.64. The fraction of sp³-hybridized carbons (Fsp3) is 0.462. The first-order valence-electron chi connectivity index (χ1n) is 11.3. The zero-order chi connectivity index (χ0) is 24.8. The van der Waals surface area contributed by atoms with Crippen LogP contribution in [-0.2, 0) is 16.1 Å². The fourth-order valence-corrected chi connectivity index (χ4v) is 4.39. The van der Waals surface area contributed by atoms with Crippen molar-refractivity contribution >= 4 is 27.9 Å². The van der Waals surface area contributed by atoms with Crippen molar-refractivity contribution in [2.24, 2.45) is 11.3 Å². The van der Waals surface area contributed by atoms with Crippen LogP contribution in [0.1, 0.15) is 73.2 Å². The molecule has 1 fully saturated rings. The predicted octanol–water partition coefficient (Wildman–Crippen LogP) is 6.01. The highest BCUT2D eigenvalue weighted by Gasteiger charge is 2.47. The van der Waals surface area contributed by atoms with Crippen LogP contribution in [0.3, 0.4) is 0 Å². The molecule has 1 atom stereocenters. The number of carbonyl (C=O) groups excluding carboxylic acids is 2. The molecular weight excluding hydrogens is 504 g/mol. The number of rotatable bonds is 6. The minimum atomic E-state index is -0.821. The van der Waals surface area contributed by atoms with Gasteiger partial charge in [0.15, 0.2) is 11.5 Å². The van der Waals surface area contributed by atoms with E-state index in [0.29, 0.717) is 27.8 Å². The van der Waals surface area contributed by atoms with Crippen LogP contribution in [-0.4, -0.2) is 24.2 Å². The van der Waals surface area contributed by atoms with Gasteiger partial charge in [0.25, 0.3) is 0 Å². The molecule has 7 nitrogen and oxygen atoms in total. The molecular formula is C26H29BrO7. The molecule has 4 rings (SSSR count). The van der Waals surface area contributed by atoms with Crippen molar-refractivity contribution in [1.82, 2.24) is 0 Å². The molecule has 0 unspecified atom stereocenters. The average molecular weight is 533 g/mol. The largest absolute Gasteiger partial charge is 0.495 e. The molecule has 1 saturated carbocycles. The molecule has 0 aromatic heterocycles. The third-order valence-corrected chi connectivity index (χ3v) is 7.43. The zero-order valence-electron chi connectivity index (χ0n) is 20.0. The lowest BCUT2D eigenvalue weighted by Gasteiger charge is -2.25. The first-order chi connectivity index (χ1) is 16.1. The van der Waals surface area contributed by atoms with E-state index in [0.717, 1.165) is 18.4 Å². The normalized spacial score (nSPS) is 16.9. The first kappa shape index (κ1) is 24.5. The molecule has 2 aromatic carbocycles. The second kappa shape index (κ2) is 9.23. The minimum absolute atomic E-state index is 0.0802. The number of aryl methyl sites for hydroxylation is 1. The highest BCUT2D eigenvalue weighted by molar-refractivity contribution is 9.10. The van der Waals surface area contributed by atoms with E-state index < -0.39 is 17.5 Å². The average Bonchev–Trinajstić information content (AvgIpc) is 3.53. The van der Waals surface area contributed by atoms with Crippen LogP contribution >= 0.6 is 15.9 Å². The zero-order valence-corrected chi connectivity index (χ0v) is 21.6. The summed E-state index contributed by atoms with van der Waals surface area (Å²) in [5.41, 5.74) is 1.45. The van der Waals surface area contributed by atoms with E-state index in [-0.39, 0.29) is 41.3 Å². The van der Waals surface area contributed by atoms with E-state index in [1.54, 1.807) is 18.2 Å². The molecule has 0 amide bonds. The summed E-state index contributed by atoms with van der Waals surface area (Å²) in [6, 6.07) is 5.02. The van der Waals surface area contributed by atoms with Gasteiger partial charge < -0.3 is 24.1 Å². The third-order valence-electron chi connectivity index (χ3n) is 6.32. The van der Waals surface area contributed by atoms with Gasteiger partial charge in [-0.25, -0.2) is 4.79 Å². The Balaban J connectivity index is 1.82. The summed E-state index contributed by atoms with van der Waals surface area (Å²) in [5.74, 6) is 0.241. The van der Waals surface area contributed by atoms with Crippen molar-refractivity contribution in [1.29, 1.82) is 0 Å². The molecule has 1 aliphatic heterocycles. The number of hydrogen-bond acceptors (Lipinski definition) is 7.